The largest absolute Gasteiger partial charge is 0.456 e. The van der Waals surface area contributed by atoms with Gasteiger partial charge in [0.1, 0.15) is 11.2 Å². The van der Waals surface area contributed by atoms with E-state index in [1.54, 1.807) is 0 Å². The van der Waals surface area contributed by atoms with Gasteiger partial charge in [-0.2, -0.15) is 0 Å². The van der Waals surface area contributed by atoms with Crippen molar-refractivity contribution in [3.63, 3.8) is 0 Å². The van der Waals surface area contributed by atoms with E-state index in [9.17, 15) is 0 Å². The van der Waals surface area contributed by atoms with Gasteiger partial charge in [-0.15, -0.1) is 5.10 Å². The first-order valence-corrected chi connectivity index (χ1v) is 18.8. The first-order chi connectivity index (χ1) is 27.8. The normalized spacial score (nSPS) is 11.9. The van der Waals surface area contributed by atoms with Crippen molar-refractivity contribution in [2.75, 3.05) is 0 Å². The monoisotopic (exact) mass is 717 g/mol. The van der Waals surface area contributed by atoms with Crippen molar-refractivity contribution in [1.29, 1.82) is 0 Å². The Balaban J connectivity index is 1.14. The highest BCUT2D eigenvalue weighted by Crippen LogP contribution is 2.41. The lowest BCUT2D eigenvalue weighted by molar-refractivity contribution is 0.669. The molecular formula is C50H31N5O. The summed E-state index contributed by atoms with van der Waals surface area (Å²) in [6, 6.07) is 66.0. The quantitative estimate of drug-likeness (QED) is 0.178. The van der Waals surface area contributed by atoms with Crippen molar-refractivity contribution < 1.29 is 4.42 Å². The summed E-state index contributed by atoms with van der Waals surface area (Å²) >= 11 is 0. The standard InChI is InChI=1S/C50H31N5O/c1-3-15-32(16-4-1)49-51-50(55(52-49)34-17-5-2-6-18-34)33-27-28-37-35-19-7-10-22-41(35)53(45(37)29-33)43-24-12-13-25-44(43)54-42-23-11-8-20-36(42)39-31-48-40(30-46(39)54)38-21-9-14-26-47(38)56-48/h1-31H. The summed E-state index contributed by atoms with van der Waals surface area (Å²) in [5, 5.41) is 12.0. The van der Waals surface area contributed by atoms with Gasteiger partial charge in [0.2, 0.25) is 0 Å². The van der Waals surface area contributed by atoms with Crippen LogP contribution in [0.15, 0.2) is 192 Å². The van der Waals surface area contributed by atoms with Gasteiger partial charge in [-0.3, -0.25) is 0 Å². The lowest BCUT2D eigenvalue weighted by Gasteiger charge is -2.17. The molecule has 8 aromatic carbocycles. The number of furan rings is 1. The molecule has 6 nitrogen and oxygen atoms in total. The number of nitrogens with zero attached hydrogens (tertiary/aromatic N) is 5. The molecule has 4 heterocycles. The minimum atomic E-state index is 0.682. The number of fused-ring (bicyclic) bond motifs is 9. The van der Waals surface area contributed by atoms with E-state index in [1.807, 2.05) is 53.2 Å². The average molecular weight is 718 g/mol. The van der Waals surface area contributed by atoms with Crippen LogP contribution in [0.5, 0.6) is 0 Å². The van der Waals surface area contributed by atoms with Gasteiger partial charge < -0.3 is 13.6 Å². The molecule has 0 bridgehead atoms. The van der Waals surface area contributed by atoms with Gasteiger partial charge >= 0.3 is 0 Å². The molecule has 12 aromatic rings. The van der Waals surface area contributed by atoms with Crippen LogP contribution < -0.4 is 0 Å². The van der Waals surface area contributed by atoms with Gasteiger partial charge in [-0.25, -0.2) is 9.67 Å². The Morgan fingerprint density at radius 2 is 0.946 bits per heavy atom. The number of rotatable bonds is 5. The van der Waals surface area contributed by atoms with Crippen LogP contribution in [0, 0.1) is 0 Å². The molecule has 0 aliphatic rings. The van der Waals surface area contributed by atoms with Crippen LogP contribution in [-0.4, -0.2) is 23.9 Å². The Hall–Kier alpha value is -7.70. The third-order valence-corrected chi connectivity index (χ3v) is 11.1. The minimum Gasteiger partial charge on any atom is -0.456 e. The first-order valence-electron chi connectivity index (χ1n) is 18.8. The number of aromatic nitrogens is 5. The zero-order valence-corrected chi connectivity index (χ0v) is 30.0. The third-order valence-electron chi connectivity index (χ3n) is 11.1. The van der Waals surface area contributed by atoms with Crippen molar-refractivity contribution in [1.82, 2.24) is 23.9 Å². The van der Waals surface area contributed by atoms with Crippen molar-refractivity contribution >= 4 is 65.6 Å². The maximum absolute atomic E-state index is 6.39. The van der Waals surface area contributed by atoms with Crippen molar-refractivity contribution in [3.8, 4) is 39.8 Å². The van der Waals surface area contributed by atoms with Crippen LogP contribution in [-0.2, 0) is 0 Å². The van der Waals surface area contributed by atoms with E-state index in [-0.39, 0.29) is 0 Å². The predicted octanol–water partition coefficient (Wildman–Crippen LogP) is 12.7. The van der Waals surface area contributed by atoms with Gasteiger partial charge in [0.25, 0.3) is 0 Å². The lowest BCUT2D eigenvalue weighted by Crippen LogP contribution is -2.03. The van der Waals surface area contributed by atoms with E-state index in [0.717, 1.165) is 83.4 Å². The molecule has 0 atom stereocenters. The maximum Gasteiger partial charge on any atom is 0.182 e. The summed E-state index contributed by atoms with van der Waals surface area (Å²) in [7, 11) is 0. The summed E-state index contributed by atoms with van der Waals surface area (Å²) in [4.78, 5) is 5.19. The zero-order chi connectivity index (χ0) is 36.7. The van der Waals surface area contributed by atoms with E-state index in [1.165, 1.54) is 16.2 Å². The topological polar surface area (TPSA) is 53.7 Å². The van der Waals surface area contributed by atoms with Crippen LogP contribution in [0.3, 0.4) is 0 Å². The van der Waals surface area contributed by atoms with Gasteiger partial charge in [-0.1, -0.05) is 127 Å². The van der Waals surface area contributed by atoms with Crippen LogP contribution in [0.4, 0.5) is 0 Å². The molecule has 0 fully saturated rings. The fourth-order valence-electron chi connectivity index (χ4n) is 8.62. The zero-order valence-electron chi connectivity index (χ0n) is 30.0. The van der Waals surface area contributed by atoms with Crippen LogP contribution in [0.25, 0.3) is 105 Å². The Bertz CT molecular complexity index is 3480. The molecule has 56 heavy (non-hydrogen) atoms. The molecule has 0 aliphatic carbocycles. The molecule has 12 rings (SSSR count). The summed E-state index contributed by atoms with van der Waals surface area (Å²) in [6.45, 7) is 0. The molecule has 4 aromatic heterocycles. The van der Waals surface area contributed by atoms with Crippen molar-refractivity contribution in [2.45, 2.75) is 0 Å². The van der Waals surface area contributed by atoms with Crippen molar-refractivity contribution in [2.24, 2.45) is 0 Å². The number of benzene rings is 8. The predicted molar refractivity (Wildman–Crippen MR) is 228 cm³/mol. The second-order valence-electron chi connectivity index (χ2n) is 14.3. The maximum atomic E-state index is 6.39. The molecule has 0 saturated carbocycles. The Morgan fingerprint density at radius 3 is 1.68 bits per heavy atom. The molecule has 0 saturated heterocycles. The summed E-state index contributed by atoms with van der Waals surface area (Å²) in [6.07, 6.45) is 0. The molecule has 262 valence electrons. The summed E-state index contributed by atoms with van der Waals surface area (Å²) < 4.78 is 13.2. The average Bonchev–Trinajstić information content (AvgIpc) is 4.03. The van der Waals surface area contributed by atoms with E-state index in [4.69, 9.17) is 14.5 Å². The molecule has 0 amide bonds. The lowest BCUT2D eigenvalue weighted by atomic mass is 10.1. The van der Waals surface area contributed by atoms with E-state index in [2.05, 4.69) is 149 Å². The van der Waals surface area contributed by atoms with E-state index in [0.29, 0.717) is 5.82 Å². The van der Waals surface area contributed by atoms with E-state index < -0.39 is 0 Å². The highest BCUT2D eigenvalue weighted by atomic mass is 16.3. The fraction of sp³-hybridized carbons (Fsp3) is 0. The highest BCUT2D eigenvalue weighted by molar-refractivity contribution is 6.17. The molecule has 0 radical (unpaired) electrons. The molecule has 0 unspecified atom stereocenters. The molecule has 6 heteroatoms. The van der Waals surface area contributed by atoms with Crippen molar-refractivity contribution in [3.05, 3.63) is 188 Å². The van der Waals surface area contributed by atoms with Crippen LogP contribution in [0.1, 0.15) is 0 Å². The second-order valence-corrected chi connectivity index (χ2v) is 14.3. The van der Waals surface area contributed by atoms with Crippen LogP contribution in [0.2, 0.25) is 0 Å². The number of hydrogen-bond donors (Lipinski definition) is 0. The highest BCUT2D eigenvalue weighted by Gasteiger charge is 2.22. The molecular weight excluding hydrogens is 687 g/mol. The third kappa shape index (κ3) is 4.50. The molecule has 0 spiro atoms. The number of hydrogen-bond acceptors (Lipinski definition) is 3. The number of para-hydroxylation sites is 6. The second kappa shape index (κ2) is 11.9. The first kappa shape index (κ1) is 30.7. The Morgan fingerprint density at radius 1 is 0.375 bits per heavy atom. The van der Waals surface area contributed by atoms with Crippen LogP contribution >= 0.6 is 0 Å². The van der Waals surface area contributed by atoms with Gasteiger partial charge in [0.05, 0.1) is 39.1 Å². The van der Waals surface area contributed by atoms with Gasteiger partial charge in [0.15, 0.2) is 11.6 Å². The molecule has 0 N–H and O–H groups in total. The Labute approximate surface area is 320 Å². The Kier molecular flexibility index (Phi) is 6.53. The fourth-order valence-corrected chi connectivity index (χ4v) is 8.62. The molecule has 0 aliphatic heterocycles. The van der Waals surface area contributed by atoms with Gasteiger partial charge in [-0.05, 0) is 60.7 Å². The smallest absolute Gasteiger partial charge is 0.182 e. The SMILES string of the molecule is c1ccc(-c2nc(-c3ccc4c5ccccc5n(-c5ccccc5-n5c6ccccc6c6cc7oc8ccccc8c7cc65)c4c3)n(-c3ccccc3)n2)cc1. The van der Waals surface area contributed by atoms with E-state index >= 15 is 0 Å². The van der Waals surface area contributed by atoms with Gasteiger partial charge in [0, 0.05) is 43.4 Å². The minimum absolute atomic E-state index is 0.682. The summed E-state index contributed by atoms with van der Waals surface area (Å²) in [5.74, 6) is 1.46. The summed E-state index contributed by atoms with van der Waals surface area (Å²) in [5.41, 5.74) is 11.3.